The molecule has 0 bridgehead atoms. The van der Waals surface area contributed by atoms with E-state index >= 15 is 0 Å². The lowest BCUT2D eigenvalue weighted by Gasteiger charge is -2.22. The van der Waals surface area contributed by atoms with Crippen molar-refractivity contribution in [3.8, 4) is 5.75 Å². The van der Waals surface area contributed by atoms with Crippen molar-refractivity contribution in [3.05, 3.63) is 29.6 Å². The molecule has 0 spiro atoms. The van der Waals surface area contributed by atoms with Gasteiger partial charge in [-0.1, -0.05) is 12.1 Å². The van der Waals surface area contributed by atoms with Crippen molar-refractivity contribution in [3.63, 3.8) is 0 Å². The zero-order valence-corrected chi connectivity index (χ0v) is 11.2. The molecule has 16 heavy (non-hydrogen) atoms. The molecule has 0 heterocycles. The second kappa shape index (κ2) is 4.72. The SMILES string of the molecule is Br.COc1c(F)cccc1C1(C(C)N)CC1. The van der Waals surface area contributed by atoms with E-state index < -0.39 is 0 Å². The number of ether oxygens (including phenoxy) is 1. The van der Waals surface area contributed by atoms with Crippen LogP contribution in [0.5, 0.6) is 5.75 Å². The van der Waals surface area contributed by atoms with Gasteiger partial charge in [-0.25, -0.2) is 4.39 Å². The lowest BCUT2D eigenvalue weighted by Crippen LogP contribution is -2.32. The highest BCUT2D eigenvalue weighted by Crippen LogP contribution is 2.53. The van der Waals surface area contributed by atoms with Gasteiger partial charge < -0.3 is 10.5 Å². The Balaban J connectivity index is 0.00000128. The summed E-state index contributed by atoms with van der Waals surface area (Å²) in [7, 11) is 1.50. The van der Waals surface area contributed by atoms with Crippen molar-refractivity contribution in [2.75, 3.05) is 7.11 Å². The van der Waals surface area contributed by atoms with E-state index in [9.17, 15) is 4.39 Å². The Bertz CT molecular complexity index is 377. The predicted octanol–water partition coefficient (Wildman–Crippen LogP) is 2.79. The molecule has 90 valence electrons. The Hall–Kier alpha value is -0.610. The van der Waals surface area contributed by atoms with Crippen LogP contribution in [0.3, 0.4) is 0 Å². The second-order valence-corrected chi connectivity index (χ2v) is 4.27. The van der Waals surface area contributed by atoms with E-state index in [0.717, 1.165) is 18.4 Å². The number of benzene rings is 1. The molecule has 1 aliphatic carbocycles. The van der Waals surface area contributed by atoms with Crippen LogP contribution in [0.4, 0.5) is 4.39 Å². The van der Waals surface area contributed by atoms with Crippen molar-refractivity contribution in [1.29, 1.82) is 0 Å². The molecule has 0 radical (unpaired) electrons. The molecule has 2 rings (SSSR count). The van der Waals surface area contributed by atoms with Gasteiger partial charge in [-0.15, -0.1) is 17.0 Å². The van der Waals surface area contributed by atoms with Crippen molar-refractivity contribution < 1.29 is 9.13 Å². The minimum atomic E-state index is -0.304. The monoisotopic (exact) mass is 289 g/mol. The highest BCUT2D eigenvalue weighted by atomic mass is 79.9. The van der Waals surface area contributed by atoms with Gasteiger partial charge in [0.15, 0.2) is 11.6 Å². The van der Waals surface area contributed by atoms with Crippen molar-refractivity contribution in [2.45, 2.75) is 31.2 Å². The van der Waals surface area contributed by atoms with Crippen LogP contribution in [0.15, 0.2) is 18.2 Å². The van der Waals surface area contributed by atoms with E-state index in [4.69, 9.17) is 10.5 Å². The molecule has 1 aromatic rings. The molecule has 0 amide bonds. The first-order valence-electron chi connectivity index (χ1n) is 5.20. The van der Waals surface area contributed by atoms with Crippen LogP contribution in [0, 0.1) is 5.82 Å². The Morgan fingerprint density at radius 2 is 2.06 bits per heavy atom. The number of hydrogen-bond acceptors (Lipinski definition) is 2. The summed E-state index contributed by atoms with van der Waals surface area (Å²) in [5.74, 6) is 0.0502. The summed E-state index contributed by atoms with van der Waals surface area (Å²) in [5, 5.41) is 0. The maximum atomic E-state index is 13.5. The maximum Gasteiger partial charge on any atom is 0.165 e. The summed E-state index contributed by atoms with van der Waals surface area (Å²) in [4.78, 5) is 0. The van der Waals surface area contributed by atoms with E-state index in [1.165, 1.54) is 13.2 Å². The molecule has 0 aliphatic heterocycles. The molecular formula is C12H17BrFNO. The summed E-state index contributed by atoms with van der Waals surface area (Å²) >= 11 is 0. The lowest BCUT2D eigenvalue weighted by molar-refractivity contribution is 0.372. The van der Waals surface area contributed by atoms with E-state index in [-0.39, 0.29) is 34.3 Å². The van der Waals surface area contributed by atoms with Gasteiger partial charge in [0.1, 0.15) is 0 Å². The van der Waals surface area contributed by atoms with Crippen LogP contribution in [0.1, 0.15) is 25.3 Å². The third-order valence-corrected chi connectivity index (χ3v) is 3.37. The molecule has 1 unspecified atom stereocenters. The quantitative estimate of drug-likeness (QED) is 0.929. The van der Waals surface area contributed by atoms with E-state index in [1.54, 1.807) is 6.07 Å². The topological polar surface area (TPSA) is 35.2 Å². The van der Waals surface area contributed by atoms with Crippen molar-refractivity contribution in [2.24, 2.45) is 5.73 Å². The molecule has 2 nitrogen and oxygen atoms in total. The van der Waals surface area contributed by atoms with Gasteiger partial charge >= 0.3 is 0 Å². The molecule has 1 atom stereocenters. The van der Waals surface area contributed by atoms with Crippen LogP contribution in [-0.4, -0.2) is 13.2 Å². The largest absolute Gasteiger partial charge is 0.493 e. The Morgan fingerprint density at radius 1 is 1.44 bits per heavy atom. The highest BCUT2D eigenvalue weighted by Gasteiger charge is 2.49. The zero-order chi connectivity index (χ0) is 11.1. The average molecular weight is 290 g/mol. The summed E-state index contributed by atoms with van der Waals surface area (Å²) in [6.45, 7) is 1.97. The normalized spacial score (nSPS) is 18.5. The van der Waals surface area contributed by atoms with Crippen LogP contribution < -0.4 is 10.5 Å². The number of halogens is 2. The molecule has 1 saturated carbocycles. The Labute approximate surface area is 106 Å². The lowest BCUT2D eigenvalue weighted by atomic mass is 9.88. The van der Waals surface area contributed by atoms with Gasteiger partial charge in [0.05, 0.1) is 7.11 Å². The van der Waals surface area contributed by atoms with Gasteiger partial charge in [0.2, 0.25) is 0 Å². The second-order valence-electron chi connectivity index (χ2n) is 4.27. The van der Waals surface area contributed by atoms with Crippen molar-refractivity contribution in [1.82, 2.24) is 0 Å². The molecular weight excluding hydrogens is 273 g/mol. The fourth-order valence-corrected chi connectivity index (χ4v) is 2.21. The molecule has 2 N–H and O–H groups in total. The fraction of sp³-hybridized carbons (Fsp3) is 0.500. The van der Waals surface area contributed by atoms with Gasteiger partial charge in [-0.3, -0.25) is 0 Å². The third-order valence-electron chi connectivity index (χ3n) is 3.37. The summed E-state index contributed by atoms with van der Waals surface area (Å²) < 4.78 is 18.6. The Morgan fingerprint density at radius 3 is 2.50 bits per heavy atom. The number of methoxy groups -OCH3 is 1. The first-order valence-corrected chi connectivity index (χ1v) is 5.20. The molecule has 0 aromatic heterocycles. The van der Waals surface area contributed by atoms with Crippen LogP contribution in [-0.2, 0) is 5.41 Å². The molecule has 1 fully saturated rings. The van der Waals surface area contributed by atoms with Gasteiger partial charge in [0.25, 0.3) is 0 Å². The summed E-state index contributed by atoms with van der Waals surface area (Å²) in [5.41, 5.74) is 6.81. The molecule has 1 aliphatic rings. The van der Waals surface area contributed by atoms with Crippen LogP contribution >= 0.6 is 17.0 Å². The van der Waals surface area contributed by atoms with Gasteiger partial charge in [0, 0.05) is 17.0 Å². The minimum Gasteiger partial charge on any atom is -0.493 e. The van der Waals surface area contributed by atoms with E-state index in [2.05, 4.69) is 0 Å². The van der Waals surface area contributed by atoms with Crippen LogP contribution in [0.25, 0.3) is 0 Å². The fourth-order valence-electron chi connectivity index (χ4n) is 2.21. The molecule has 1 aromatic carbocycles. The number of nitrogens with two attached hydrogens (primary N) is 1. The number of hydrogen-bond donors (Lipinski definition) is 1. The minimum absolute atomic E-state index is 0. The summed E-state index contributed by atoms with van der Waals surface area (Å²) in [6, 6.07) is 5.08. The Kier molecular flexibility index (Phi) is 3.97. The molecule has 0 saturated heterocycles. The first kappa shape index (κ1) is 13.5. The van der Waals surface area contributed by atoms with Gasteiger partial charge in [-0.05, 0) is 25.8 Å². The van der Waals surface area contributed by atoms with Gasteiger partial charge in [-0.2, -0.15) is 0 Å². The smallest absolute Gasteiger partial charge is 0.165 e. The van der Waals surface area contributed by atoms with E-state index in [1.807, 2.05) is 13.0 Å². The summed E-state index contributed by atoms with van der Waals surface area (Å²) in [6.07, 6.45) is 2.04. The highest BCUT2D eigenvalue weighted by molar-refractivity contribution is 8.93. The average Bonchev–Trinajstić information content (AvgIpc) is 2.98. The zero-order valence-electron chi connectivity index (χ0n) is 9.50. The first-order chi connectivity index (χ1) is 7.12. The predicted molar refractivity (Wildman–Crippen MR) is 67.8 cm³/mol. The standard InChI is InChI=1S/C12H16FNO.BrH/c1-8(14)12(6-7-12)9-4-3-5-10(13)11(9)15-2;/h3-5,8H,6-7,14H2,1-2H3;1H. The van der Waals surface area contributed by atoms with Crippen molar-refractivity contribution >= 4 is 17.0 Å². The third kappa shape index (κ3) is 1.96. The van der Waals surface area contributed by atoms with E-state index in [0.29, 0.717) is 5.75 Å². The van der Waals surface area contributed by atoms with Crippen LogP contribution in [0.2, 0.25) is 0 Å². The number of rotatable bonds is 3. The maximum absolute atomic E-state index is 13.5. The molecule has 4 heteroatoms. The number of para-hydroxylation sites is 1.